The Morgan fingerprint density at radius 1 is 1.04 bits per heavy atom. The molecule has 0 radical (unpaired) electrons. The van der Waals surface area contributed by atoms with Crippen LogP contribution in [-0.2, 0) is 4.79 Å². The Kier molecular flexibility index (Phi) is 4.02. The van der Waals surface area contributed by atoms with Crippen molar-refractivity contribution >= 4 is 11.6 Å². The van der Waals surface area contributed by atoms with Crippen molar-refractivity contribution in [3.8, 4) is 0 Å². The Morgan fingerprint density at radius 2 is 1.65 bits per heavy atom. The van der Waals surface area contributed by atoms with Gasteiger partial charge in [-0.25, -0.2) is 0 Å². The average Bonchev–Trinajstić information content (AvgIpc) is 2.66. The summed E-state index contributed by atoms with van der Waals surface area (Å²) in [5.74, 6) is 3.00. The zero-order valence-electron chi connectivity index (χ0n) is 16.1. The fraction of sp³-hybridized carbons (Fsp3) is 0.696. The zero-order valence-corrected chi connectivity index (χ0v) is 16.1. The van der Waals surface area contributed by atoms with Crippen LogP contribution >= 0.6 is 0 Å². The van der Waals surface area contributed by atoms with Crippen molar-refractivity contribution in [3.63, 3.8) is 0 Å². The first-order chi connectivity index (χ1) is 12.6. The third-order valence-corrected chi connectivity index (χ3v) is 7.88. The van der Waals surface area contributed by atoms with Gasteiger partial charge in [-0.05, 0) is 81.3 Å². The van der Waals surface area contributed by atoms with Crippen molar-refractivity contribution < 1.29 is 4.79 Å². The van der Waals surface area contributed by atoms with Gasteiger partial charge < -0.3 is 9.80 Å². The SMILES string of the molecule is CN(C(=O)C12CC3CC(CC(C3)C1)C2)C1CCCN(c2ccccc2)C1. The number of carbonyl (C=O) groups is 1. The molecule has 1 saturated heterocycles. The fourth-order valence-electron chi connectivity index (χ4n) is 7.06. The van der Waals surface area contributed by atoms with Gasteiger partial charge in [-0.15, -0.1) is 0 Å². The van der Waals surface area contributed by atoms with Crippen molar-refractivity contribution in [1.29, 1.82) is 0 Å². The number of amides is 1. The molecule has 1 atom stereocenters. The van der Waals surface area contributed by atoms with Crippen LogP contribution in [0, 0.1) is 23.2 Å². The van der Waals surface area contributed by atoms with E-state index in [0.29, 0.717) is 11.9 Å². The summed E-state index contributed by atoms with van der Waals surface area (Å²) in [6, 6.07) is 11.1. The molecule has 3 heteroatoms. The van der Waals surface area contributed by atoms with E-state index in [9.17, 15) is 4.79 Å². The Balaban J connectivity index is 1.31. The number of carbonyl (C=O) groups excluding carboxylic acids is 1. The fourth-order valence-corrected chi connectivity index (χ4v) is 7.06. The Hall–Kier alpha value is -1.51. The minimum atomic E-state index is -0.00146. The maximum absolute atomic E-state index is 13.6. The van der Waals surface area contributed by atoms with Crippen LogP contribution in [0.3, 0.4) is 0 Å². The van der Waals surface area contributed by atoms with Crippen molar-refractivity contribution in [1.82, 2.24) is 4.90 Å². The summed E-state index contributed by atoms with van der Waals surface area (Å²) in [5.41, 5.74) is 1.30. The van der Waals surface area contributed by atoms with E-state index in [-0.39, 0.29) is 5.41 Å². The van der Waals surface area contributed by atoms with Crippen LogP contribution in [0.5, 0.6) is 0 Å². The Bertz CT molecular complexity index is 635. The number of piperidine rings is 1. The lowest BCUT2D eigenvalue weighted by Crippen LogP contribution is -2.57. The minimum absolute atomic E-state index is 0.00146. The average molecular weight is 353 g/mol. The number of hydrogen-bond donors (Lipinski definition) is 0. The van der Waals surface area contributed by atoms with Crippen molar-refractivity contribution in [2.24, 2.45) is 23.2 Å². The third-order valence-electron chi connectivity index (χ3n) is 7.88. The second kappa shape index (κ2) is 6.28. The molecule has 3 nitrogen and oxygen atoms in total. The van der Waals surface area contributed by atoms with Crippen LogP contribution in [-0.4, -0.2) is 37.0 Å². The molecule has 1 unspecified atom stereocenters. The molecule has 1 amide bonds. The topological polar surface area (TPSA) is 23.6 Å². The van der Waals surface area contributed by atoms with Gasteiger partial charge >= 0.3 is 0 Å². The summed E-state index contributed by atoms with van der Waals surface area (Å²) in [6.07, 6.45) is 10.1. The van der Waals surface area contributed by atoms with Crippen LogP contribution in [0.25, 0.3) is 0 Å². The molecule has 6 rings (SSSR count). The maximum atomic E-state index is 13.6. The van der Waals surface area contributed by atoms with E-state index in [4.69, 9.17) is 0 Å². The Morgan fingerprint density at radius 3 is 2.27 bits per heavy atom. The first-order valence-corrected chi connectivity index (χ1v) is 10.7. The Labute approximate surface area is 157 Å². The zero-order chi connectivity index (χ0) is 17.7. The van der Waals surface area contributed by atoms with Gasteiger partial charge in [0, 0.05) is 31.9 Å². The second-order valence-corrected chi connectivity index (χ2v) is 9.69. The van der Waals surface area contributed by atoms with E-state index in [0.717, 1.165) is 37.3 Å². The van der Waals surface area contributed by atoms with E-state index in [1.54, 1.807) is 0 Å². The normalized spacial score (nSPS) is 38.4. The van der Waals surface area contributed by atoms with Crippen molar-refractivity contribution in [2.75, 3.05) is 25.0 Å². The van der Waals surface area contributed by atoms with Crippen LogP contribution < -0.4 is 4.90 Å². The number of benzene rings is 1. The molecule has 26 heavy (non-hydrogen) atoms. The summed E-state index contributed by atoms with van der Waals surface area (Å²) in [5, 5.41) is 0. The standard InChI is InChI=1S/C23H32N2O/c1-24(21-8-5-9-25(16-21)20-6-3-2-4-7-20)22(26)23-13-17-10-18(14-23)12-19(11-17)15-23/h2-4,6-7,17-19,21H,5,8-16H2,1H3. The molecule has 0 aromatic heterocycles. The van der Waals surface area contributed by atoms with Crippen LogP contribution in [0.2, 0.25) is 0 Å². The molecule has 5 fully saturated rings. The van der Waals surface area contributed by atoms with Crippen LogP contribution in [0.15, 0.2) is 30.3 Å². The first-order valence-electron chi connectivity index (χ1n) is 10.7. The molecule has 4 bridgehead atoms. The molecule has 4 saturated carbocycles. The molecule has 0 N–H and O–H groups in total. The second-order valence-electron chi connectivity index (χ2n) is 9.69. The van der Waals surface area contributed by atoms with Crippen LogP contribution in [0.4, 0.5) is 5.69 Å². The molecule has 1 aromatic carbocycles. The molecule has 5 aliphatic rings. The largest absolute Gasteiger partial charge is 0.369 e. The summed E-state index contributed by atoms with van der Waals surface area (Å²) in [6.45, 7) is 2.10. The number of nitrogens with zero attached hydrogens (tertiary/aromatic N) is 2. The number of likely N-dealkylation sites (N-methyl/N-ethyl adjacent to an activating group) is 1. The third kappa shape index (κ3) is 2.75. The molecular weight excluding hydrogens is 320 g/mol. The quantitative estimate of drug-likeness (QED) is 0.808. The highest BCUT2D eigenvalue weighted by atomic mass is 16.2. The van der Waals surface area contributed by atoms with E-state index >= 15 is 0 Å². The van der Waals surface area contributed by atoms with E-state index < -0.39 is 0 Å². The summed E-state index contributed by atoms with van der Waals surface area (Å²) < 4.78 is 0. The van der Waals surface area contributed by atoms with Gasteiger partial charge in [0.2, 0.25) is 5.91 Å². The van der Waals surface area contributed by atoms with Gasteiger partial charge in [0.1, 0.15) is 0 Å². The van der Waals surface area contributed by atoms with E-state index in [1.165, 1.54) is 50.6 Å². The molecule has 1 aromatic rings. The molecule has 1 heterocycles. The lowest BCUT2D eigenvalue weighted by molar-refractivity contribution is -0.158. The number of rotatable bonds is 3. The van der Waals surface area contributed by atoms with Crippen molar-refractivity contribution in [3.05, 3.63) is 30.3 Å². The number of anilines is 1. The molecular formula is C23H32N2O. The molecule has 4 aliphatic carbocycles. The summed E-state index contributed by atoms with van der Waals surface area (Å²) in [4.78, 5) is 18.3. The lowest BCUT2D eigenvalue weighted by atomic mass is 9.49. The monoisotopic (exact) mass is 352 g/mol. The highest BCUT2D eigenvalue weighted by molar-refractivity contribution is 5.83. The predicted octanol–water partition coefficient (Wildman–Crippen LogP) is 4.33. The van der Waals surface area contributed by atoms with Gasteiger partial charge in [-0.1, -0.05) is 18.2 Å². The highest BCUT2D eigenvalue weighted by Gasteiger charge is 2.55. The van der Waals surface area contributed by atoms with Gasteiger partial charge in [-0.2, -0.15) is 0 Å². The van der Waals surface area contributed by atoms with Gasteiger partial charge in [-0.3, -0.25) is 4.79 Å². The predicted molar refractivity (Wildman–Crippen MR) is 105 cm³/mol. The smallest absolute Gasteiger partial charge is 0.228 e. The van der Waals surface area contributed by atoms with Crippen molar-refractivity contribution in [2.45, 2.75) is 57.4 Å². The molecule has 140 valence electrons. The first kappa shape index (κ1) is 16.6. The summed E-state index contributed by atoms with van der Waals surface area (Å²) in [7, 11) is 2.10. The molecule has 0 spiro atoms. The minimum Gasteiger partial charge on any atom is -0.369 e. The maximum Gasteiger partial charge on any atom is 0.228 e. The number of para-hydroxylation sites is 1. The number of hydrogen-bond acceptors (Lipinski definition) is 2. The highest BCUT2D eigenvalue weighted by Crippen LogP contribution is 2.60. The van der Waals surface area contributed by atoms with E-state index in [2.05, 4.69) is 47.2 Å². The lowest BCUT2D eigenvalue weighted by Gasteiger charge is -2.57. The van der Waals surface area contributed by atoms with Crippen LogP contribution in [0.1, 0.15) is 51.4 Å². The van der Waals surface area contributed by atoms with Gasteiger partial charge in [0.05, 0.1) is 5.41 Å². The molecule has 1 aliphatic heterocycles. The van der Waals surface area contributed by atoms with E-state index in [1.807, 2.05) is 0 Å². The van der Waals surface area contributed by atoms with Gasteiger partial charge in [0.25, 0.3) is 0 Å². The summed E-state index contributed by atoms with van der Waals surface area (Å²) >= 11 is 0. The van der Waals surface area contributed by atoms with Gasteiger partial charge in [0.15, 0.2) is 0 Å².